The molecule has 1 heterocycles. The van der Waals surface area contributed by atoms with Gasteiger partial charge < -0.3 is 0 Å². The van der Waals surface area contributed by atoms with Crippen LogP contribution in [0.15, 0.2) is 35.4 Å². The highest BCUT2D eigenvalue weighted by Crippen LogP contribution is 2.18. The first-order valence-corrected chi connectivity index (χ1v) is 7.90. The molecule has 0 aliphatic carbocycles. The fourth-order valence-corrected chi connectivity index (χ4v) is 2.97. The molecule has 0 spiro atoms. The molecule has 0 fully saturated rings. The average molecular weight is 297 g/mol. The summed E-state index contributed by atoms with van der Waals surface area (Å²) in [4.78, 5) is 8.53. The second kappa shape index (κ2) is 5.27. The number of benzene rings is 1. The molecule has 6 heteroatoms. The maximum Gasteiger partial charge on any atom is 0.175 e. The molecule has 0 N–H and O–H groups in total. The zero-order valence-electron chi connectivity index (χ0n) is 10.6. The fourth-order valence-electron chi connectivity index (χ4n) is 1.80. The molecule has 4 nitrogen and oxygen atoms in total. The van der Waals surface area contributed by atoms with Gasteiger partial charge in [-0.05, 0) is 30.2 Å². The molecule has 19 heavy (non-hydrogen) atoms. The first-order valence-electron chi connectivity index (χ1n) is 5.63. The van der Waals surface area contributed by atoms with Crippen LogP contribution in [0.5, 0.6) is 0 Å². The number of hydrogen-bond donors (Lipinski definition) is 0. The van der Waals surface area contributed by atoms with Crippen LogP contribution in [0, 0.1) is 6.92 Å². The molecule has 100 valence electrons. The minimum Gasteiger partial charge on any atom is -0.241 e. The number of nitrogens with zero attached hydrogens (tertiary/aromatic N) is 2. The number of hydrogen-bond acceptors (Lipinski definition) is 4. The third kappa shape index (κ3) is 3.52. The molecule has 2 rings (SSSR count). The number of sulfone groups is 1. The molecule has 0 saturated carbocycles. The van der Waals surface area contributed by atoms with Gasteiger partial charge in [0.1, 0.15) is 11.0 Å². The van der Waals surface area contributed by atoms with Gasteiger partial charge in [-0.15, -0.1) is 0 Å². The van der Waals surface area contributed by atoms with Crippen molar-refractivity contribution in [3.8, 4) is 0 Å². The second-order valence-electron chi connectivity index (χ2n) is 4.34. The molecule has 0 atom stereocenters. The lowest BCUT2D eigenvalue weighted by molar-refractivity contribution is 0.601. The monoisotopic (exact) mass is 296 g/mol. The van der Waals surface area contributed by atoms with Crippen molar-refractivity contribution >= 4 is 21.4 Å². The Morgan fingerprint density at radius 1 is 1.26 bits per heavy atom. The van der Waals surface area contributed by atoms with Crippen molar-refractivity contribution in [3.63, 3.8) is 0 Å². The van der Waals surface area contributed by atoms with Gasteiger partial charge in [-0.1, -0.05) is 23.7 Å². The van der Waals surface area contributed by atoms with Crippen LogP contribution < -0.4 is 0 Å². The molecular formula is C13H13ClN2O2S. The zero-order valence-corrected chi connectivity index (χ0v) is 12.2. The van der Waals surface area contributed by atoms with Crippen LogP contribution in [-0.4, -0.2) is 24.6 Å². The molecular weight excluding hydrogens is 284 g/mol. The van der Waals surface area contributed by atoms with E-state index >= 15 is 0 Å². The number of aryl methyl sites for hydroxylation is 1. The van der Waals surface area contributed by atoms with Gasteiger partial charge in [0.2, 0.25) is 0 Å². The van der Waals surface area contributed by atoms with Crippen LogP contribution in [0.3, 0.4) is 0 Å². The van der Waals surface area contributed by atoms with Crippen LogP contribution in [0.2, 0.25) is 5.15 Å². The highest BCUT2D eigenvalue weighted by Gasteiger charge is 2.12. The Morgan fingerprint density at radius 3 is 2.63 bits per heavy atom. The van der Waals surface area contributed by atoms with E-state index in [0.717, 1.165) is 11.1 Å². The van der Waals surface area contributed by atoms with E-state index in [0.29, 0.717) is 22.3 Å². The lowest BCUT2D eigenvalue weighted by Gasteiger charge is -2.07. The highest BCUT2D eigenvalue weighted by molar-refractivity contribution is 7.90. The van der Waals surface area contributed by atoms with Crippen LogP contribution >= 0.6 is 11.6 Å². The molecule has 0 saturated heterocycles. The van der Waals surface area contributed by atoms with Gasteiger partial charge in [0.05, 0.1) is 4.90 Å². The van der Waals surface area contributed by atoms with Gasteiger partial charge in [0.25, 0.3) is 0 Å². The van der Waals surface area contributed by atoms with Gasteiger partial charge >= 0.3 is 0 Å². The fraction of sp³-hybridized carbons (Fsp3) is 0.231. The van der Waals surface area contributed by atoms with Crippen molar-refractivity contribution in [3.05, 3.63) is 52.6 Å². The van der Waals surface area contributed by atoms with Gasteiger partial charge in [0, 0.05) is 18.9 Å². The Kier molecular flexibility index (Phi) is 3.87. The lowest BCUT2D eigenvalue weighted by atomic mass is 10.1. The van der Waals surface area contributed by atoms with Crippen LogP contribution in [0.25, 0.3) is 0 Å². The summed E-state index contributed by atoms with van der Waals surface area (Å²) in [5.41, 5.74) is 1.58. The largest absolute Gasteiger partial charge is 0.241 e. The topological polar surface area (TPSA) is 59.9 Å². The maximum atomic E-state index is 11.7. The highest BCUT2D eigenvalue weighted by atomic mass is 35.5. The summed E-state index contributed by atoms with van der Waals surface area (Å²) in [6, 6.07) is 6.92. The first-order chi connectivity index (χ1) is 8.86. The van der Waals surface area contributed by atoms with Crippen molar-refractivity contribution in [1.82, 2.24) is 9.97 Å². The van der Waals surface area contributed by atoms with Gasteiger partial charge in [-0.3, -0.25) is 0 Å². The summed E-state index contributed by atoms with van der Waals surface area (Å²) in [5.74, 6) is 0.566. The molecule has 0 radical (unpaired) electrons. The standard InChI is InChI=1S/C13H13ClN2O2S/c1-9-3-4-10(7-11(9)19(2,17)18)8-13-15-6-5-12(14)16-13/h3-7H,8H2,1-2H3. The lowest BCUT2D eigenvalue weighted by Crippen LogP contribution is -2.02. The Hall–Kier alpha value is -1.46. The predicted octanol–water partition coefficient (Wildman–Crippen LogP) is 2.43. The Bertz CT molecular complexity index is 714. The van der Waals surface area contributed by atoms with Crippen molar-refractivity contribution in [2.75, 3.05) is 6.26 Å². The van der Waals surface area contributed by atoms with Gasteiger partial charge in [-0.25, -0.2) is 18.4 Å². The van der Waals surface area contributed by atoms with Crippen molar-refractivity contribution in [2.24, 2.45) is 0 Å². The maximum absolute atomic E-state index is 11.7. The number of aromatic nitrogens is 2. The normalized spacial score (nSPS) is 11.5. The summed E-state index contributed by atoms with van der Waals surface area (Å²) in [6.45, 7) is 1.77. The summed E-state index contributed by atoms with van der Waals surface area (Å²) in [5, 5.41) is 0.375. The van der Waals surface area contributed by atoms with E-state index in [1.165, 1.54) is 6.26 Å². The zero-order chi connectivity index (χ0) is 14.0. The average Bonchev–Trinajstić information content (AvgIpc) is 2.30. The Labute approximate surface area is 117 Å². The summed E-state index contributed by atoms with van der Waals surface area (Å²) in [6.07, 6.45) is 3.23. The molecule has 0 bridgehead atoms. The van der Waals surface area contributed by atoms with E-state index in [9.17, 15) is 8.42 Å². The van der Waals surface area contributed by atoms with Crippen LogP contribution in [0.4, 0.5) is 0 Å². The van der Waals surface area contributed by atoms with Crippen LogP contribution in [0.1, 0.15) is 17.0 Å². The van der Waals surface area contributed by atoms with Crippen molar-refractivity contribution in [2.45, 2.75) is 18.2 Å². The first kappa shape index (κ1) is 14.0. The molecule has 0 unspecified atom stereocenters. The van der Waals surface area contributed by atoms with Crippen molar-refractivity contribution < 1.29 is 8.42 Å². The smallest absolute Gasteiger partial charge is 0.175 e. The third-order valence-electron chi connectivity index (χ3n) is 2.69. The summed E-state index contributed by atoms with van der Waals surface area (Å²) < 4.78 is 23.3. The minimum atomic E-state index is -3.22. The van der Waals surface area contributed by atoms with E-state index < -0.39 is 9.84 Å². The van der Waals surface area contributed by atoms with E-state index in [2.05, 4.69) is 9.97 Å². The quantitative estimate of drug-likeness (QED) is 0.816. The molecule has 0 aliphatic rings. The number of rotatable bonds is 3. The SMILES string of the molecule is Cc1ccc(Cc2nccc(Cl)n2)cc1S(C)(=O)=O. The van der Waals surface area contributed by atoms with E-state index in [1.54, 1.807) is 31.3 Å². The predicted molar refractivity (Wildman–Crippen MR) is 74.1 cm³/mol. The van der Waals surface area contributed by atoms with E-state index in [-0.39, 0.29) is 0 Å². The Morgan fingerprint density at radius 2 is 2.00 bits per heavy atom. The Balaban J connectivity index is 2.37. The molecule has 1 aromatic carbocycles. The van der Waals surface area contributed by atoms with Crippen molar-refractivity contribution in [1.29, 1.82) is 0 Å². The molecule has 2 aromatic rings. The third-order valence-corrected chi connectivity index (χ3v) is 4.14. The minimum absolute atomic E-state index is 0.340. The molecule has 0 amide bonds. The molecule has 1 aromatic heterocycles. The van der Waals surface area contributed by atoms with E-state index in [4.69, 9.17) is 11.6 Å². The number of halogens is 1. The van der Waals surface area contributed by atoms with Gasteiger partial charge in [-0.2, -0.15) is 0 Å². The second-order valence-corrected chi connectivity index (χ2v) is 6.72. The summed E-state index contributed by atoms with van der Waals surface area (Å²) in [7, 11) is -3.22. The van der Waals surface area contributed by atoms with Crippen LogP contribution in [-0.2, 0) is 16.3 Å². The van der Waals surface area contributed by atoms with E-state index in [1.807, 2.05) is 6.07 Å². The summed E-state index contributed by atoms with van der Waals surface area (Å²) >= 11 is 5.79. The molecule has 0 aliphatic heterocycles. The van der Waals surface area contributed by atoms with Gasteiger partial charge in [0.15, 0.2) is 9.84 Å².